The predicted molar refractivity (Wildman–Crippen MR) is 92.8 cm³/mol. The van der Waals surface area contributed by atoms with E-state index in [2.05, 4.69) is 27.6 Å². The first-order valence-corrected chi connectivity index (χ1v) is 8.07. The van der Waals surface area contributed by atoms with Gasteiger partial charge in [-0.1, -0.05) is 6.07 Å². The van der Waals surface area contributed by atoms with Gasteiger partial charge in [0.15, 0.2) is 0 Å². The molecule has 0 fully saturated rings. The number of rotatable bonds is 2. The van der Waals surface area contributed by atoms with Crippen molar-refractivity contribution < 1.29 is 4.39 Å². The number of nitrogens with zero attached hydrogens (tertiary/aromatic N) is 2. The van der Waals surface area contributed by atoms with Crippen LogP contribution in [0.2, 0.25) is 0 Å². The first-order chi connectivity index (χ1) is 9.97. The maximum Gasteiger partial charge on any atom is 0.132 e. The molecule has 3 rings (SSSR count). The SMILES string of the molecule is Cc1ccc2c(c1)nc(C(C)Cl)n2-c1ccc(F)cc1I. The van der Waals surface area contributed by atoms with Gasteiger partial charge in [0.1, 0.15) is 11.6 Å². The lowest BCUT2D eigenvalue weighted by Gasteiger charge is -2.12. The second kappa shape index (κ2) is 5.57. The largest absolute Gasteiger partial charge is 0.294 e. The smallest absolute Gasteiger partial charge is 0.132 e. The van der Waals surface area contributed by atoms with Crippen LogP contribution in [0.3, 0.4) is 0 Å². The minimum atomic E-state index is -0.246. The molecule has 0 aliphatic heterocycles. The van der Waals surface area contributed by atoms with Gasteiger partial charge in [-0.3, -0.25) is 4.57 Å². The summed E-state index contributed by atoms with van der Waals surface area (Å²) in [6.07, 6.45) is 0. The number of hydrogen-bond acceptors (Lipinski definition) is 1. The molecule has 5 heteroatoms. The van der Waals surface area contributed by atoms with Crippen LogP contribution < -0.4 is 0 Å². The Morgan fingerprint density at radius 2 is 2.00 bits per heavy atom. The number of halogens is 3. The van der Waals surface area contributed by atoms with Crippen LogP contribution >= 0.6 is 34.2 Å². The molecule has 1 atom stereocenters. The van der Waals surface area contributed by atoms with Crippen molar-refractivity contribution in [1.82, 2.24) is 9.55 Å². The molecule has 2 nitrogen and oxygen atoms in total. The standard InChI is InChI=1S/C16H13ClFIN2/c1-9-3-5-15-13(7-9)20-16(10(2)17)21(15)14-6-4-11(18)8-12(14)19/h3-8,10H,1-2H3. The average Bonchev–Trinajstić information content (AvgIpc) is 2.77. The van der Waals surface area contributed by atoms with Crippen LogP contribution in [-0.4, -0.2) is 9.55 Å². The number of aromatic nitrogens is 2. The minimum absolute atomic E-state index is 0.237. The van der Waals surface area contributed by atoms with Gasteiger partial charge in [-0.2, -0.15) is 0 Å². The van der Waals surface area contributed by atoms with Crippen LogP contribution in [0.4, 0.5) is 4.39 Å². The molecule has 0 N–H and O–H groups in total. The van der Waals surface area contributed by atoms with Crippen molar-refractivity contribution in [2.24, 2.45) is 0 Å². The zero-order valence-electron chi connectivity index (χ0n) is 11.6. The maximum atomic E-state index is 13.4. The van der Waals surface area contributed by atoms with Gasteiger partial charge >= 0.3 is 0 Å². The van der Waals surface area contributed by atoms with Crippen molar-refractivity contribution >= 4 is 45.2 Å². The molecular formula is C16H13ClFIN2. The van der Waals surface area contributed by atoms with E-state index in [4.69, 9.17) is 11.6 Å². The summed E-state index contributed by atoms with van der Waals surface area (Å²) >= 11 is 8.43. The zero-order chi connectivity index (χ0) is 15.1. The molecular weight excluding hydrogens is 402 g/mol. The predicted octanol–water partition coefficient (Wildman–Crippen LogP) is 5.38. The summed E-state index contributed by atoms with van der Waals surface area (Å²) in [6, 6.07) is 10.8. The van der Waals surface area contributed by atoms with Crippen molar-refractivity contribution in [2.75, 3.05) is 0 Å². The van der Waals surface area contributed by atoms with Gasteiger partial charge in [-0.15, -0.1) is 11.6 Å². The van der Waals surface area contributed by atoms with Gasteiger partial charge in [0.25, 0.3) is 0 Å². The van der Waals surface area contributed by atoms with Crippen LogP contribution in [0.25, 0.3) is 16.7 Å². The van der Waals surface area contributed by atoms with Crippen molar-refractivity contribution in [2.45, 2.75) is 19.2 Å². The minimum Gasteiger partial charge on any atom is -0.294 e. The molecule has 1 heterocycles. The van der Waals surface area contributed by atoms with Gasteiger partial charge in [0.2, 0.25) is 0 Å². The summed E-state index contributed by atoms with van der Waals surface area (Å²) in [5.74, 6) is 0.519. The highest BCUT2D eigenvalue weighted by molar-refractivity contribution is 14.1. The van der Waals surface area contributed by atoms with E-state index in [-0.39, 0.29) is 11.2 Å². The molecule has 0 radical (unpaired) electrons. The van der Waals surface area contributed by atoms with Crippen LogP contribution in [0.5, 0.6) is 0 Å². The van der Waals surface area contributed by atoms with Gasteiger partial charge in [0, 0.05) is 3.57 Å². The monoisotopic (exact) mass is 414 g/mol. The van der Waals surface area contributed by atoms with Crippen molar-refractivity contribution in [3.8, 4) is 5.69 Å². The Labute approximate surface area is 141 Å². The fourth-order valence-corrected chi connectivity index (χ4v) is 3.26. The highest BCUT2D eigenvalue weighted by Crippen LogP contribution is 2.30. The Kier molecular flexibility index (Phi) is 3.92. The lowest BCUT2D eigenvalue weighted by molar-refractivity contribution is 0.626. The Balaban J connectivity index is 2.36. The molecule has 1 aromatic heterocycles. The molecule has 3 aromatic rings. The van der Waals surface area contributed by atoms with Crippen LogP contribution in [0.15, 0.2) is 36.4 Å². The van der Waals surface area contributed by atoms with E-state index in [1.165, 1.54) is 12.1 Å². The summed E-state index contributed by atoms with van der Waals surface area (Å²) in [6.45, 7) is 3.92. The molecule has 0 spiro atoms. The topological polar surface area (TPSA) is 17.8 Å². The Morgan fingerprint density at radius 3 is 2.67 bits per heavy atom. The normalized spacial score (nSPS) is 12.8. The molecule has 0 amide bonds. The fraction of sp³-hybridized carbons (Fsp3) is 0.188. The number of alkyl halides is 1. The second-order valence-electron chi connectivity index (χ2n) is 5.01. The van der Waals surface area contributed by atoms with Gasteiger partial charge < -0.3 is 0 Å². The molecule has 0 saturated heterocycles. The summed E-state index contributed by atoms with van der Waals surface area (Å²) in [5, 5.41) is -0.237. The van der Waals surface area contributed by atoms with Crippen LogP contribution in [0.1, 0.15) is 23.7 Å². The number of fused-ring (bicyclic) bond motifs is 1. The second-order valence-corrected chi connectivity index (χ2v) is 6.83. The van der Waals surface area contributed by atoms with E-state index in [0.29, 0.717) is 0 Å². The van der Waals surface area contributed by atoms with Crippen molar-refractivity contribution in [1.29, 1.82) is 0 Å². The fourth-order valence-electron chi connectivity index (χ4n) is 2.39. The Bertz CT molecular complexity index is 827. The molecule has 0 bridgehead atoms. The van der Waals surface area contributed by atoms with Crippen molar-refractivity contribution in [3.05, 3.63) is 57.2 Å². The third-order valence-corrected chi connectivity index (χ3v) is 4.40. The first kappa shape index (κ1) is 14.8. The number of hydrogen-bond donors (Lipinski definition) is 0. The molecule has 2 aromatic carbocycles. The highest BCUT2D eigenvalue weighted by Gasteiger charge is 2.18. The third-order valence-electron chi connectivity index (χ3n) is 3.34. The van der Waals surface area contributed by atoms with Crippen LogP contribution in [0, 0.1) is 16.3 Å². The summed E-state index contributed by atoms with van der Waals surface area (Å²) < 4.78 is 16.2. The molecule has 108 valence electrons. The van der Waals surface area contributed by atoms with Gasteiger partial charge in [-0.25, -0.2) is 9.37 Å². The van der Waals surface area contributed by atoms with E-state index in [0.717, 1.165) is 31.7 Å². The van der Waals surface area contributed by atoms with E-state index in [9.17, 15) is 4.39 Å². The van der Waals surface area contributed by atoms with E-state index < -0.39 is 0 Å². The number of benzene rings is 2. The maximum absolute atomic E-state index is 13.4. The number of imidazole rings is 1. The summed E-state index contributed by atoms with van der Waals surface area (Å²) in [4.78, 5) is 4.65. The molecule has 21 heavy (non-hydrogen) atoms. The molecule has 1 unspecified atom stereocenters. The van der Waals surface area contributed by atoms with E-state index >= 15 is 0 Å². The first-order valence-electron chi connectivity index (χ1n) is 6.56. The van der Waals surface area contributed by atoms with Crippen LogP contribution in [-0.2, 0) is 0 Å². The Morgan fingerprint density at radius 1 is 1.24 bits per heavy atom. The molecule has 0 saturated carbocycles. The lowest BCUT2D eigenvalue weighted by atomic mass is 10.2. The lowest BCUT2D eigenvalue weighted by Crippen LogP contribution is -2.04. The van der Waals surface area contributed by atoms with E-state index in [1.807, 2.05) is 36.6 Å². The van der Waals surface area contributed by atoms with Gasteiger partial charge in [-0.05, 0) is 72.3 Å². The van der Waals surface area contributed by atoms with Crippen molar-refractivity contribution in [3.63, 3.8) is 0 Å². The quantitative estimate of drug-likeness (QED) is 0.407. The zero-order valence-corrected chi connectivity index (χ0v) is 14.5. The number of aryl methyl sites for hydroxylation is 1. The Hall–Kier alpha value is -1.14. The third kappa shape index (κ3) is 2.66. The summed E-state index contributed by atoms with van der Waals surface area (Å²) in [7, 11) is 0. The summed E-state index contributed by atoms with van der Waals surface area (Å²) in [5.41, 5.74) is 3.92. The highest BCUT2D eigenvalue weighted by atomic mass is 127. The molecule has 0 aliphatic rings. The molecule has 0 aliphatic carbocycles. The van der Waals surface area contributed by atoms with E-state index in [1.54, 1.807) is 6.07 Å². The average molecular weight is 415 g/mol. The van der Waals surface area contributed by atoms with Gasteiger partial charge in [0.05, 0.1) is 22.1 Å².